The largest absolute Gasteiger partial charge is 0.321 e. The number of carbonyl (C=O) groups excluding carboxylic acids is 1. The van der Waals surface area contributed by atoms with Gasteiger partial charge in [0.2, 0.25) is 0 Å². The molecule has 0 amide bonds. The summed E-state index contributed by atoms with van der Waals surface area (Å²) in [6.07, 6.45) is 0.741. The topological polar surface area (TPSA) is 17.1 Å². The minimum absolute atomic E-state index is 0.225. The molecule has 1 fully saturated rings. The first kappa shape index (κ1) is 11.3. The maximum absolute atomic E-state index is 11.5. The van der Waals surface area contributed by atoms with Crippen molar-refractivity contribution in [3.63, 3.8) is 0 Å². The molecule has 2 nitrogen and oxygen atoms in total. The van der Waals surface area contributed by atoms with E-state index in [1.54, 1.807) is 0 Å². The Labute approximate surface area is 97.5 Å². The fourth-order valence-electron chi connectivity index (χ4n) is 2.65. The molecule has 0 bridgehead atoms. The molecular formula is C14H20NO+. The molecule has 16 heavy (non-hydrogen) atoms. The lowest BCUT2D eigenvalue weighted by Crippen LogP contribution is -2.52. The van der Waals surface area contributed by atoms with E-state index < -0.39 is 0 Å². The summed E-state index contributed by atoms with van der Waals surface area (Å²) in [5.41, 5.74) is 1.37. The highest BCUT2D eigenvalue weighted by Crippen LogP contribution is 2.21. The minimum atomic E-state index is 0.225. The number of hydrogen-bond donors (Lipinski definition) is 0. The smallest absolute Gasteiger partial charge is 0.146 e. The number of hydrogen-bond acceptors (Lipinski definition) is 1. The van der Waals surface area contributed by atoms with Crippen LogP contribution in [0.15, 0.2) is 30.3 Å². The zero-order valence-corrected chi connectivity index (χ0v) is 10.1. The second-order valence-corrected chi connectivity index (χ2v) is 5.29. The Balaban J connectivity index is 2.06. The van der Waals surface area contributed by atoms with E-state index in [1.165, 1.54) is 5.56 Å². The summed E-state index contributed by atoms with van der Waals surface area (Å²) in [4.78, 5) is 11.5. The average molecular weight is 218 g/mol. The summed E-state index contributed by atoms with van der Waals surface area (Å²) in [5.74, 6) is 0.658. The Morgan fingerprint density at radius 1 is 1.31 bits per heavy atom. The summed E-state index contributed by atoms with van der Waals surface area (Å²) >= 11 is 0. The molecule has 0 radical (unpaired) electrons. The molecule has 1 aliphatic heterocycles. The number of piperidine rings is 1. The molecule has 1 heterocycles. The first-order valence-electron chi connectivity index (χ1n) is 5.99. The molecule has 1 aromatic rings. The number of ketones is 1. The maximum atomic E-state index is 11.5. The SMILES string of the molecule is CC1C[N+](C)(Cc2ccccc2)CCC1=O. The molecular weight excluding hydrogens is 198 g/mol. The van der Waals surface area contributed by atoms with E-state index in [9.17, 15) is 4.79 Å². The Hall–Kier alpha value is -1.15. The molecule has 0 spiro atoms. The minimum Gasteiger partial charge on any atom is -0.321 e. The lowest BCUT2D eigenvalue weighted by atomic mass is 9.96. The molecule has 2 rings (SSSR count). The van der Waals surface area contributed by atoms with Crippen LogP contribution in [0.1, 0.15) is 18.9 Å². The Kier molecular flexibility index (Phi) is 3.10. The molecule has 0 saturated carbocycles. The number of rotatable bonds is 2. The van der Waals surface area contributed by atoms with Crippen LogP contribution in [0, 0.1) is 5.92 Å². The van der Waals surface area contributed by atoms with Gasteiger partial charge in [0.05, 0.1) is 32.5 Å². The molecule has 1 aliphatic rings. The van der Waals surface area contributed by atoms with Gasteiger partial charge in [-0.15, -0.1) is 0 Å². The van der Waals surface area contributed by atoms with Crippen LogP contribution in [0.25, 0.3) is 0 Å². The van der Waals surface area contributed by atoms with Crippen molar-refractivity contribution in [3.8, 4) is 0 Å². The van der Waals surface area contributed by atoms with E-state index in [4.69, 9.17) is 0 Å². The van der Waals surface area contributed by atoms with Crippen molar-refractivity contribution in [1.82, 2.24) is 0 Å². The van der Waals surface area contributed by atoms with Crippen LogP contribution in [-0.4, -0.2) is 30.4 Å². The van der Waals surface area contributed by atoms with E-state index in [0.29, 0.717) is 5.78 Å². The molecule has 86 valence electrons. The Morgan fingerprint density at radius 3 is 2.62 bits per heavy atom. The second kappa shape index (κ2) is 4.38. The van der Waals surface area contributed by atoms with Gasteiger partial charge in [-0.3, -0.25) is 4.79 Å². The second-order valence-electron chi connectivity index (χ2n) is 5.29. The number of benzene rings is 1. The normalized spacial score (nSPS) is 30.4. The van der Waals surface area contributed by atoms with Crippen molar-refractivity contribution in [2.24, 2.45) is 5.92 Å². The van der Waals surface area contributed by atoms with Crippen molar-refractivity contribution in [2.75, 3.05) is 20.1 Å². The first-order valence-corrected chi connectivity index (χ1v) is 5.99. The van der Waals surface area contributed by atoms with Gasteiger partial charge in [0.25, 0.3) is 0 Å². The van der Waals surface area contributed by atoms with Crippen LogP contribution < -0.4 is 0 Å². The van der Waals surface area contributed by atoms with Gasteiger partial charge in [-0.1, -0.05) is 37.3 Å². The summed E-state index contributed by atoms with van der Waals surface area (Å²) in [7, 11) is 2.26. The van der Waals surface area contributed by atoms with Gasteiger partial charge in [-0.2, -0.15) is 0 Å². The fraction of sp³-hybridized carbons (Fsp3) is 0.500. The zero-order valence-electron chi connectivity index (χ0n) is 10.1. The summed E-state index contributed by atoms with van der Waals surface area (Å²) in [5, 5.41) is 0. The van der Waals surface area contributed by atoms with Gasteiger partial charge in [0.1, 0.15) is 12.3 Å². The zero-order chi connectivity index (χ0) is 11.6. The Bertz CT molecular complexity index is 374. The molecule has 1 aromatic carbocycles. The fourth-order valence-corrected chi connectivity index (χ4v) is 2.65. The van der Waals surface area contributed by atoms with Crippen molar-refractivity contribution < 1.29 is 9.28 Å². The van der Waals surface area contributed by atoms with Crippen LogP contribution in [0.3, 0.4) is 0 Å². The third-order valence-electron chi connectivity index (χ3n) is 3.57. The predicted octanol–water partition coefficient (Wildman–Crippen LogP) is 2.24. The number of Topliss-reactive ketones (excluding diaryl/α,β-unsaturated/α-hetero) is 1. The highest BCUT2D eigenvalue weighted by molar-refractivity contribution is 5.81. The standard InChI is InChI=1S/C14H20NO/c1-12-10-15(2,9-8-14(12)16)11-13-6-4-3-5-7-13/h3-7,12H,8-11H2,1-2H3/q+1. The third kappa shape index (κ3) is 2.50. The van der Waals surface area contributed by atoms with E-state index >= 15 is 0 Å². The lowest BCUT2D eigenvalue weighted by Gasteiger charge is -2.39. The van der Waals surface area contributed by atoms with Crippen LogP contribution in [0.2, 0.25) is 0 Å². The lowest BCUT2D eigenvalue weighted by molar-refractivity contribution is -0.926. The van der Waals surface area contributed by atoms with Crippen LogP contribution in [-0.2, 0) is 11.3 Å². The van der Waals surface area contributed by atoms with Gasteiger partial charge in [-0.05, 0) is 0 Å². The summed E-state index contributed by atoms with van der Waals surface area (Å²) < 4.78 is 0.997. The molecule has 0 aliphatic carbocycles. The predicted molar refractivity (Wildman–Crippen MR) is 64.9 cm³/mol. The molecule has 1 saturated heterocycles. The number of quaternary nitrogens is 1. The van der Waals surface area contributed by atoms with E-state index in [2.05, 4.69) is 38.2 Å². The van der Waals surface area contributed by atoms with Gasteiger partial charge in [-0.25, -0.2) is 0 Å². The van der Waals surface area contributed by atoms with Crippen LogP contribution >= 0.6 is 0 Å². The van der Waals surface area contributed by atoms with Crippen LogP contribution in [0.4, 0.5) is 0 Å². The molecule has 2 unspecified atom stereocenters. The van der Waals surface area contributed by atoms with Gasteiger partial charge in [0.15, 0.2) is 0 Å². The average Bonchev–Trinajstić information content (AvgIpc) is 2.25. The van der Waals surface area contributed by atoms with E-state index in [0.717, 1.165) is 30.5 Å². The van der Waals surface area contributed by atoms with Crippen molar-refractivity contribution in [3.05, 3.63) is 35.9 Å². The van der Waals surface area contributed by atoms with E-state index in [1.807, 2.05) is 6.07 Å². The summed E-state index contributed by atoms with van der Waals surface area (Å²) in [6, 6.07) is 10.6. The van der Waals surface area contributed by atoms with Crippen LogP contribution in [0.5, 0.6) is 0 Å². The monoisotopic (exact) mass is 218 g/mol. The Morgan fingerprint density at radius 2 is 2.00 bits per heavy atom. The van der Waals surface area contributed by atoms with Gasteiger partial charge < -0.3 is 4.48 Å². The van der Waals surface area contributed by atoms with Gasteiger partial charge >= 0.3 is 0 Å². The molecule has 2 heteroatoms. The quantitative estimate of drug-likeness (QED) is 0.696. The molecule has 2 atom stereocenters. The number of carbonyl (C=O) groups is 1. The maximum Gasteiger partial charge on any atom is 0.146 e. The van der Waals surface area contributed by atoms with Crippen molar-refractivity contribution >= 4 is 5.78 Å². The first-order chi connectivity index (χ1) is 7.59. The highest BCUT2D eigenvalue weighted by Gasteiger charge is 2.33. The summed E-state index contributed by atoms with van der Waals surface area (Å²) in [6.45, 7) is 5.06. The van der Waals surface area contributed by atoms with Crippen molar-refractivity contribution in [1.29, 1.82) is 0 Å². The highest BCUT2D eigenvalue weighted by atomic mass is 16.1. The molecule has 0 N–H and O–H groups in total. The van der Waals surface area contributed by atoms with E-state index in [-0.39, 0.29) is 5.92 Å². The number of nitrogens with zero attached hydrogens (tertiary/aromatic N) is 1. The molecule has 0 aromatic heterocycles. The third-order valence-corrected chi connectivity index (χ3v) is 3.57. The van der Waals surface area contributed by atoms with Gasteiger partial charge in [0, 0.05) is 5.56 Å². The number of likely N-dealkylation sites (tertiary alicyclic amines) is 1. The van der Waals surface area contributed by atoms with Crippen molar-refractivity contribution in [2.45, 2.75) is 19.9 Å².